The van der Waals surface area contributed by atoms with Gasteiger partial charge in [0.1, 0.15) is 0 Å². The van der Waals surface area contributed by atoms with Gasteiger partial charge in [-0.1, -0.05) is 26.0 Å². The van der Waals surface area contributed by atoms with Gasteiger partial charge in [0.15, 0.2) is 0 Å². The number of rotatable bonds is 4. The van der Waals surface area contributed by atoms with E-state index in [4.69, 9.17) is 0 Å². The van der Waals surface area contributed by atoms with Crippen LogP contribution in [0.25, 0.3) is 0 Å². The van der Waals surface area contributed by atoms with E-state index in [-0.39, 0.29) is 0 Å². The van der Waals surface area contributed by atoms with Gasteiger partial charge in [-0.05, 0) is 38.0 Å². The minimum absolute atomic E-state index is 0.364. The Balaban J connectivity index is 2.09. The van der Waals surface area contributed by atoms with Crippen LogP contribution in [0.3, 0.4) is 0 Å². The molecule has 1 aromatic carbocycles. The van der Waals surface area contributed by atoms with Gasteiger partial charge in [0.05, 0.1) is 0 Å². The van der Waals surface area contributed by atoms with E-state index < -0.39 is 0 Å². The number of aryl methyl sites for hydroxylation is 1. The third kappa shape index (κ3) is 4.16. The van der Waals surface area contributed by atoms with E-state index in [1.165, 1.54) is 29.1 Å². The predicted molar refractivity (Wildman–Crippen MR) is 91.9 cm³/mol. The Morgan fingerprint density at radius 2 is 2.10 bits per heavy atom. The van der Waals surface area contributed by atoms with Gasteiger partial charge in [-0.2, -0.15) is 11.8 Å². The highest BCUT2D eigenvalue weighted by Gasteiger charge is 2.27. The quantitative estimate of drug-likeness (QED) is 0.908. The van der Waals surface area contributed by atoms with Crippen LogP contribution in [0.5, 0.6) is 0 Å². The molecule has 2 rings (SSSR count). The van der Waals surface area contributed by atoms with Crippen molar-refractivity contribution in [1.82, 2.24) is 5.32 Å². The Labute approximate surface area is 128 Å². The summed E-state index contributed by atoms with van der Waals surface area (Å²) in [5, 5.41) is 3.48. The number of benzene rings is 1. The summed E-state index contributed by atoms with van der Waals surface area (Å²) in [6.07, 6.45) is 0. The second-order valence-electron chi connectivity index (χ2n) is 6.69. The first-order valence-electron chi connectivity index (χ1n) is 7.59. The highest BCUT2D eigenvalue weighted by Crippen LogP contribution is 2.33. The second kappa shape index (κ2) is 6.40. The highest BCUT2D eigenvalue weighted by atomic mass is 32.2. The maximum atomic E-state index is 3.48. The summed E-state index contributed by atoms with van der Waals surface area (Å²) in [6, 6.07) is 7.44. The smallest absolute Gasteiger partial charge is 0.0396 e. The number of anilines is 1. The predicted octanol–water partition coefficient (Wildman–Crippen LogP) is 3.82. The number of hydrogen-bond acceptors (Lipinski definition) is 3. The number of nitrogens with one attached hydrogen (secondary N) is 1. The SMILES string of the molecule is Cc1cc(CNC(C)C)ccc1N1CCSC(C)(C)C1. The van der Waals surface area contributed by atoms with Crippen molar-refractivity contribution < 1.29 is 0 Å². The Kier molecular flexibility index (Phi) is 5.03. The average molecular weight is 292 g/mol. The van der Waals surface area contributed by atoms with E-state index >= 15 is 0 Å². The number of hydrogen-bond donors (Lipinski definition) is 1. The second-order valence-corrected chi connectivity index (χ2v) is 8.49. The molecule has 0 aliphatic carbocycles. The molecule has 0 aromatic heterocycles. The molecule has 0 amide bonds. The number of nitrogens with zero attached hydrogens (tertiary/aromatic N) is 1. The van der Waals surface area contributed by atoms with Crippen LogP contribution in [0.15, 0.2) is 18.2 Å². The molecular weight excluding hydrogens is 264 g/mol. The summed E-state index contributed by atoms with van der Waals surface area (Å²) in [7, 11) is 0. The first kappa shape index (κ1) is 15.7. The molecule has 112 valence electrons. The van der Waals surface area contributed by atoms with Gasteiger partial charge in [-0.25, -0.2) is 0 Å². The van der Waals surface area contributed by atoms with Crippen molar-refractivity contribution in [3.05, 3.63) is 29.3 Å². The third-order valence-electron chi connectivity index (χ3n) is 3.74. The fourth-order valence-corrected chi connectivity index (χ4v) is 3.84. The molecule has 0 spiro atoms. The summed E-state index contributed by atoms with van der Waals surface area (Å²) in [4.78, 5) is 2.55. The molecule has 0 bridgehead atoms. The Morgan fingerprint density at radius 1 is 1.35 bits per heavy atom. The van der Waals surface area contributed by atoms with Gasteiger partial charge in [0.2, 0.25) is 0 Å². The molecular formula is C17H28N2S. The van der Waals surface area contributed by atoms with Crippen molar-refractivity contribution in [2.24, 2.45) is 0 Å². The zero-order valence-electron chi connectivity index (χ0n) is 13.5. The molecule has 20 heavy (non-hydrogen) atoms. The molecule has 0 radical (unpaired) electrons. The van der Waals surface area contributed by atoms with Crippen molar-refractivity contribution >= 4 is 17.4 Å². The molecule has 1 aliphatic rings. The molecule has 2 nitrogen and oxygen atoms in total. The molecule has 1 saturated heterocycles. The fraction of sp³-hybridized carbons (Fsp3) is 0.647. The van der Waals surface area contributed by atoms with Gasteiger partial charge in [0.25, 0.3) is 0 Å². The van der Waals surface area contributed by atoms with Crippen LogP contribution in [0.4, 0.5) is 5.69 Å². The van der Waals surface area contributed by atoms with Gasteiger partial charge in [0, 0.05) is 41.9 Å². The average Bonchev–Trinajstić information content (AvgIpc) is 2.35. The Hall–Kier alpha value is -0.670. The van der Waals surface area contributed by atoms with Gasteiger partial charge in [-0.15, -0.1) is 0 Å². The Morgan fingerprint density at radius 3 is 2.70 bits per heavy atom. The van der Waals surface area contributed by atoms with Crippen molar-refractivity contribution in [1.29, 1.82) is 0 Å². The molecule has 1 heterocycles. The lowest BCUT2D eigenvalue weighted by Crippen LogP contribution is -2.43. The molecule has 3 heteroatoms. The van der Waals surface area contributed by atoms with Crippen LogP contribution < -0.4 is 10.2 Å². The van der Waals surface area contributed by atoms with E-state index in [1.807, 2.05) is 0 Å². The van der Waals surface area contributed by atoms with Crippen molar-refractivity contribution in [2.75, 3.05) is 23.7 Å². The maximum absolute atomic E-state index is 3.48. The van der Waals surface area contributed by atoms with E-state index in [9.17, 15) is 0 Å². The first-order valence-corrected chi connectivity index (χ1v) is 8.58. The lowest BCUT2D eigenvalue weighted by atomic mass is 10.1. The highest BCUT2D eigenvalue weighted by molar-refractivity contribution is 8.00. The summed E-state index contributed by atoms with van der Waals surface area (Å²) < 4.78 is 0.364. The van der Waals surface area contributed by atoms with E-state index in [1.54, 1.807) is 0 Å². The van der Waals surface area contributed by atoms with E-state index in [0.717, 1.165) is 13.1 Å². The molecule has 1 aromatic rings. The van der Waals surface area contributed by atoms with Crippen molar-refractivity contribution in [3.63, 3.8) is 0 Å². The Bertz CT molecular complexity index is 454. The zero-order chi connectivity index (χ0) is 14.8. The number of thioether (sulfide) groups is 1. The van der Waals surface area contributed by atoms with Gasteiger partial charge < -0.3 is 10.2 Å². The lowest BCUT2D eigenvalue weighted by Gasteiger charge is -2.39. The van der Waals surface area contributed by atoms with Crippen molar-refractivity contribution in [2.45, 2.75) is 52.0 Å². The minimum atomic E-state index is 0.364. The molecule has 1 N–H and O–H groups in total. The first-order chi connectivity index (χ1) is 9.37. The van der Waals surface area contributed by atoms with E-state index in [2.05, 4.69) is 74.8 Å². The largest absolute Gasteiger partial charge is 0.369 e. The molecule has 0 saturated carbocycles. The normalized spacial score (nSPS) is 18.6. The third-order valence-corrected chi connectivity index (χ3v) is 5.04. The summed E-state index contributed by atoms with van der Waals surface area (Å²) in [6.45, 7) is 14.6. The minimum Gasteiger partial charge on any atom is -0.369 e. The maximum Gasteiger partial charge on any atom is 0.0396 e. The van der Waals surface area contributed by atoms with Gasteiger partial charge in [-0.3, -0.25) is 0 Å². The summed E-state index contributed by atoms with van der Waals surface area (Å²) in [5.74, 6) is 1.23. The van der Waals surface area contributed by atoms with Crippen LogP contribution in [-0.4, -0.2) is 29.6 Å². The van der Waals surface area contributed by atoms with Crippen LogP contribution in [-0.2, 0) is 6.54 Å². The van der Waals surface area contributed by atoms with Gasteiger partial charge >= 0.3 is 0 Å². The zero-order valence-corrected chi connectivity index (χ0v) is 14.3. The molecule has 1 fully saturated rings. The van der Waals surface area contributed by atoms with Crippen LogP contribution in [0.2, 0.25) is 0 Å². The summed E-state index contributed by atoms with van der Waals surface area (Å²) >= 11 is 2.09. The fourth-order valence-electron chi connectivity index (χ4n) is 2.73. The topological polar surface area (TPSA) is 15.3 Å². The lowest BCUT2D eigenvalue weighted by molar-refractivity contribution is 0.588. The van der Waals surface area contributed by atoms with Crippen LogP contribution in [0, 0.1) is 6.92 Å². The van der Waals surface area contributed by atoms with E-state index in [0.29, 0.717) is 10.8 Å². The molecule has 0 atom stereocenters. The van der Waals surface area contributed by atoms with Crippen LogP contribution in [0.1, 0.15) is 38.8 Å². The summed E-state index contributed by atoms with van der Waals surface area (Å²) in [5.41, 5.74) is 4.19. The standard InChI is InChI=1S/C17H28N2S/c1-13(2)18-11-15-6-7-16(14(3)10-15)19-8-9-20-17(4,5)12-19/h6-7,10,13,18H,8-9,11-12H2,1-5H3. The molecule has 1 aliphatic heterocycles. The van der Waals surface area contributed by atoms with Crippen LogP contribution >= 0.6 is 11.8 Å². The molecule has 0 unspecified atom stereocenters. The van der Waals surface area contributed by atoms with Crippen molar-refractivity contribution in [3.8, 4) is 0 Å². The monoisotopic (exact) mass is 292 g/mol.